The number of thioether (sulfide) groups is 1. The number of nitrogens with one attached hydrogen (secondary N) is 1. The van der Waals surface area contributed by atoms with Crippen molar-refractivity contribution < 1.29 is 23.1 Å². The molecule has 40 heavy (non-hydrogen) atoms. The van der Waals surface area contributed by atoms with Crippen molar-refractivity contribution in [2.24, 2.45) is 0 Å². The molecule has 0 saturated heterocycles. The summed E-state index contributed by atoms with van der Waals surface area (Å²) < 4.78 is 34.9. The van der Waals surface area contributed by atoms with Crippen molar-refractivity contribution in [3.8, 4) is 16.9 Å². The molecule has 0 saturated carbocycles. The number of benzene rings is 2. The fourth-order valence-corrected chi connectivity index (χ4v) is 5.12. The topological polar surface area (TPSA) is 84.4 Å². The van der Waals surface area contributed by atoms with Gasteiger partial charge in [-0.05, 0) is 60.7 Å². The van der Waals surface area contributed by atoms with Crippen LogP contribution in [-0.2, 0) is 5.75 Å². The van der Waals surface area contributed by atoms with E-state index in [1.54, 1.807) is 42.1 Å². The molecule has 0 radical (unpaired) electrons. The number of fused-ring (bicyclic) bond motifs is 1. The van der Waals surface area contributed by atoms with Crippen molar-refractivity contribution in [3.05, 3.63) is 100 Å². The molecular formula is C29H23ClF2N4O3S. The third-order valence-corrected chi connectivity index (χ3v) is 6.99. The van der Waals surface area contributed by atoms with Crippen molar-refractivity contribution in [3.63, 3.8) is 0 Å². The summed E-state index contributed by atoms with van der Waals surface area (Å²) in [5.74, 6) is -0.301. The second-order valence-electron chi connectivity index (χ2n) is 8.94. The van der Waals surface area contributed by atoms with Crippen molar-refractivity contribution in [1.82, 2.24) is 14.9 Å². The molecule has 1 N–H and O–H groups in total. The van der Waals surface area contributed by atoms with Gasteiger partial charge in [0.15, 0.2) is 0 Å². The molecule has 5 rings (SSSR count). The van der Waals surface area contributed by atoms with Gasteiger partial charge in [-0.1, -0.05) is 23.7 Å². The highest BCUT2D eigenvalue weighted by Crippen LogP contribution is 2.34. The minimum Gasteiger partial charge on any atom is -0.493 e. The van der Waals surface area contributed by atoms with Crippen molar-refractivity contribution in [2.45, 2.75) is 12.2 Å². The molecule has 2 aromatic carbocycles. The molecule has 1 aliphatic heterocycles. The number of imide groups is 1. The number of carbonyl (C=O) groups excluding carboxylic acids is 2. The van der Waals surface area contributed by atoms with Crippen LogP contribution in [0.15, 0.2) is 66.9 Å². The predicted octanol–water partition coefficient (Wildman–Crippen LogP) is 6.75. The van der Waals surface area contributed by atoms with Gasteiger partial charge in [0.05, 0.1) is 23.9 Å². The molecule has 0 bridgehead atoms. The average Bonchev–Trinajstić information content (AvgIpc) is 3.17. The zero-order chi connectivity index (χ0) is 28.2. The van der Waals surface area contributed by atoms with E-state index in [-0.39, 0.29) is 36.3 Å². The number of amides is 2. The lowest BCUT2D eigenvalue weighted by atomic mass is 10.0. The van der Waals surface area contributed by atoms with E-state index in [2.05, 4.69) is 15.3 Å². The SMILES string of the molecule is CSCc1cc(Cl)nc(Nc2cc(-c3ccc(F)cc3OCCCN3C(=O)c4ccccc4C3=O)c(F)cn2)c1. The molecule has 3 heterocycles. The standard InChI is InChI=1S/C29H23ClF2N4O3S/c1-40-16-17-11-25(30)34-27(12-17)35-26-14-22(23(32)15-33-26)19-8-7-18(31)13-24(19)39-10-4-9-36-28(37)20-5-2-3-6-21(20)29(36)38/h2-3,5-8,11-15H,4,9-10,16H2,1H3,(H,33,34,35). The summed E-state index contributed by atoms with van der Waals surface area (Å²) in [6.07, 6.45) is 3.33. The number of aromatic nitrogens is 2. The summed E-state index contributed by atoms with van der Waals surface area (Å²) in [6, 6.07) is 15.5. The van der Waals surface area contributed by atoms with Crippen LogP contribution < -0.4 is 10.1 Å². The molecule has 11 heteroatoms. The van der Waals surface area contributed by atoms with Crippen LogP contribution in [0.3, 0.4) is 0 Å². The molecule has 2 aromatic heterocycles. The number of halogens is 3. The van der Waals surface area contributed by atoms with Crippen LogP contribution in [0.4, 0.5) is 20.4 Å². The van der Waals surface area contributed by atoms with Gasteiger partial charge >= 0.3 is 0 Å². The highest BCUT2D eigenvalue weighted by atomic mass is 35.5. The molecule has 7 nitrogen and oxygen atoms in total. The molecule has 1 aliphatic rings. The molecule has 0 spiro atoms. The largest absolute Gasteiger partial charge is 0.493 e. The second-order valence-corrected chi connectivity index (χ2v) is 10.2. The summed E-state index contributed by atoms with van der Waals surface area (Å²) in [4.78, 5) is 34.7. The van der Waals surface area contributed by atoms with Gasteiger partial charge in [0.25, 0.3) is 11.8 Å². The van der Waals surface area contributed by atoms with Crippen molar-refractivity contribution in [2.75, 3.05) is 24.7 Å². The number of carbonyl (C=O) groups is 2. The van der Waals surface area contributed by atoms with E-state index in [0.717, 1.165) is 28.5 Å². The number of hydrogen-bond acceptors (Lipinski definition) is 7. The van der Waals surface area contributed by atoms with Crippen LogP contribution in [-0.4, -0.2) is 46.1 Å². The molecular weight excluding hydrogens is 558 g/mol. The van der Waals surface area contributed by atoms with Crippen molar-refractivity contribution in [1.29, 1.82) is 0 Å². The Morgan fingerprint density at radius 2 is 1.70 bits per heavy atom. The highest BCUT2D eigenvalue weighted by molar-refractivity contribution is 7.97. The summed E-state index contributed by atoms with van der Waals surface area (Å²) in [6.45, 7) is 0.187. The Labute approximate surface area is 238 Å². The van der Waals surface area contributed by atoms with E-state index < -0.39 is 11.6 Å². The van der Waals surface area contributed by atoms with Crippen LogP contribution in [0, 0.1) is 11.6 Å². The van der Waals surface area contributed by atoms with Crippen LogP contribution in [0.25, 0.3) is 11.1 Å². The maximum absolute atomic E-state index is 15.0. The number of nitrogens with zero attached hydrogens (tertiary/aromatic N) is 3. The Balaban J connectivity index is 1.31. The number of ether oxygens (including phenoxy) is 1. The zero-order valence-corrected chi connectivity index (χ0v) is 22.9. The van der Waals surface area contributed by atoms with Gasteiger partial charge in [-0.3, -0.25) is 14.5 Å². The van der Waals surface area contributed by atoms with Gasteiger partial charge in [-0.2, -0.15) is 11.8 Å². The van der Waals surface area contributed by atoms with Crippen LogP contribution >= 0.6 is 23.4 Å². The first-order valence-electron chi connectivity index (χ1n) is 12.3. The lowest BCUT2D eigenvalue weighted by molar-refractivity contribution is 0.0646. The zero-order valence-electron chi connectivity index (χ0n) is 21.3. The van der Waals surface area contributed by atoms with E-state index in [0.29, 0.717) is 39.9 Å². The average molecular weight is 581 g/mol. The van der Waals surface area contributed by atoms with E-state index in [4.69, 9.17) is 16.3 Å². The molecule has 0 atom stereocenters. The smallest absolute Gasteiger partial charge is 0.261 e. The number of rotatable bonds is 10. The summed E-state index contributed by atoms with van der Waals surface area (Å²) in [5, 5.41) is 3.36. The van der Waals surface area contributed by atoms with Gasteiger partial charge in [0.1, 0.15) is 34.2 Å². The maximum Gasteiger partial charge on any atom is 0.261 e. The van der Waals surface area contributed by atoms with E-state index in [1.165, 1.54) is 18.2 Å². The number of pyridine rings is 2. The quantitative estimate of drug-likeness (QED) is 0.126. The van der Waals surface area contributed by atoms with Crippen molar-refractivity contribution >= 4 is 46.8 Å². The Morgan fingerprint density at radius 1 is 0.950 bits per heavy atom. The molecule has 2 amide bonds. The lowest BCUT2D eigenvalue weighted by Crippen LogP contribution is -2.31. The fourth-order valence-electron chi connectivity index (χ4n) is 4.39. The molecule has 4 aromatic rings. The minimum atomic E-state index is -0.629. The summed E-state index contributed by atoms with van der Waals surface area (Å²) >= 11 is 7.78. The Hall–Kier alpha value is -4.02. The minimum absolute atomic E-state index is 0.0618. The van der Waals surface area contributed by atoms with Gasteiger partial charge in [-0.25, -0.2) is 18.7 Å². The number of hydrogen-bond donors (Lipinski definition) is 1. The van der Waals surface area contributed by atoms with E-state index in [1.807, 2.05) is 12.3 Å². The van der Waals surface area contributed by atoms with E-state index in [9.17, 15) is 18.4 Å². The maximum atomic E-state index is 15.0. The lowest BCUT2D eigenvalue weighted by Gasteiger charge is -2.16. The van der Waals surface area contributed by atoms with Crippen LogP contribution in [0.5, 0.6) is 5.75 Å². The third kappa shape index (κ3) is 5.93. The van der Waals surface area contributed by atoms with Gasteiger partial charge in [0, 0.05) is 29.5 Å². The Kier molecular flexibility index (Phi) is 8.27. The second kappa shape index (κ2) is 12.0. The fraction of sp³-hybridized carbons (Fsp3) is 0.172. The summed E-state index contributed by atoms with van der Waals surface area (Å²) in [5.41, 5.74) is 2.15. The van der Waals surface area contributed by atoms with Gasteiger partial charge in [-0.15, -0.1) is 0 Å². The molecule has 0 fully saturated rings. The highest BCUT2D eigenvalue weighted by Gasteiger charge is 2.34. The first-order chi connectivity index (χ1) is 19.3. The molecule has 204 valence electrons. The predicted molar refractivity (Wildman–Crippen MR) is 151 cm³/mol. The van der Waals surface area contributed by atoms with E-state index >= 15 is 0 Å². The molecule has 0 unspecified atom stereocenters. The molecule has 0 aliphatic carbocycles. The van der Waals surface area contributed by atoms with Crippen LogP contribution in [0.1, 0.15) is 32.7 Å². The van der Waals surface area contributed by atoms with Gasteiger partial charge in [0.2, 0.25) is 0 Å². The van der Waals surface area contributed by atoms with Crippen LogP contribution in [0.2, 0.25) is 5.15 Å². The Bertz CT molecular complexity index is 1570. The first kappa shape index (κ1) is 27.5. The third-order valence-electron chi connectivity index (χ3n) is 6.17. The summed E-state index contributed by atoms with van der Waals surface area (Å²) in [7, 11) is 0. The van der Waals surface area contributed by atoms with Gasteiger partial charge < -0.3 is 10.1 Å². The Morgan fingerprint density at radius 3 is 2.42 bits per heavy atom. The normalized spacial score (nSPS) is 12.6. The number of anilines is 2. The monoisotopic (exact) mass is 580 g/mol. The first-order valence-corrected chi connectivity index (χ1v) is 14.1.